The highest BCUT2D eigenvalue weighted by Crippen LogP contribution is 2.34. The van der Waals surface area contributed by atoms with Crippen molar-refractivity contribution < 1.29 is 9.18 Å². The monoisotopic (exact) mass is 417 g/mol. The highest BCUT2D eigenvalue weighted by Gasteiger charge is 2.21. The molecule has 0 spiro atoms. The maximum atomic E-state index is 13.1. The molecule has 28 heavy (non-hydrogen) atoms. The van der Waals surface area contributed by atoms with Gasteiger partial charge in [0.2, 0.25) is 5.91 Å². The molecule has 4 rings (SSSR count). The first-order valence-electron chi connectivity index (χ1n) is 9.22. The fourth-order valence-corrected chi connectivity index (χ4v) is 5.45. The predicted molar refractivity (Wildman–Crippen MR) is 112 cm³/mol. The van der Waals surface area contributed by atoms with Crippen LogP contribution in [-0.2, 0) is 29.8 Å². The maximum absolute atomic E-state index is 13.1. The van der Waals surface area contributed by atoms with E-state index in [9.17, 15) is 14.0 Å². The molecule has 0 saturated carbocycles. The zero-order chi connectivity index (χ0) is 19.5. The molecule has 0 saturated heterocycles. The molecule has 2 aromatic heterocycles. The van der Waals surface area contributed by atoms with Gasteiger partial charge in [-0.3, -0.25) is 9.59 Å². The molecule has 0 radical (unpaired) electrons. The summed E-state index contributed by atoms with van der Waals surface area (Å²) in [5.41, 5.74) is 1.95. The summed E-state index contributed by atoms with van der Waals surface area (Å²) in [4.78, 5) is 33.9. The summed E-state index contributed by atoms with van der Waals surface area (Å²) in [5, 5.41) is 3.58. The number of H-pyrrole nitrogens is 1. The zero-order valence-electron chi connectivity index (χ0n) is 15.2. The molecule has 2 N–H and O–H groups in total. The third-order valence-corrected chi connectivity index (χ3v) is 6.85. The van der Waals surface area contributed by atoms with E-state index in [0.717, 1.165) is 35.0 Å². The minimum atomic E-state index is -0.270. The smallest absolute Gasteiger partial charge is 0.259 e. The first kappa shape index (κ1) is 19.1. The molecule has 1 aromatic carbocycles. The molecule has 1 amide bonds. The van der Waals surface area contributed by atoms with Crippen LogP contribution in [0.3, 0.4) is 0 Å². The van der Waals surface area contributed by atoms with Gasteiger partial charge in [0.15, 0.2) is 0 Å². The molecule has 0 atom stereocenters. The number of fused-ring (bicyclic) bond motifs is 3. The zero-order valence-corrected chi connectivity index (χ0v) is 16.9. The number of aryl methyl sites for hydroxylation is 2. The molecule has 1 aliphatic carbocycles. The van der Waals surface area contributed by atoms with Crippen LogP contribution >= 0.6 is 23.1 Å². The van der Waals surface area contributed by atoms with Crippen LogP contribution in [0.2, 0.25) is 0 Å². The second kappa shape index (κ2) is 8.45. The van der Waals surface area contributed by atoms with Crippen LogP contribution in [0.25, 0.3) is 10.2 Å². The Morgan fingerprint density at radius 1 is 1.36 bits per heavy atom. The molecule has 5 nitrogen and oxygen atoms in total. The van der Waals surface area contributed by atoms with E-state index in [0.29, 0.717) is 24.5 Å². The van der Waals surface area contributed by atoms with Crippen molar-refractivity contribution in [3.05, 3.63) is 62.3 Å². The Morgan fingerprint density at radius 3 is 3.11 bits per heavy atom. The van der Waals surface area contributed by atoms with Crippen molar-refractivity contribution in [1.29, 1.82) is 0 Å². The maximum Gasteiger partial charge on any atom is 0.259 e. The Labute approximate surface area is 169 Å². The number of halogens is 1. The lowest BCUT2D eigenvalue weighted by Gasteiger charge is -2.06. The van der Waals surface area contributed by atoms with Gasteiger partial charge in [-0.25, -0.2) is 9.37 Å². The lowest BCUT2D eigenvalue weighted by molar-refractivity contribution is -0.118. The molecule has 146 valence electrons. The lowest BCUT2D eigenvalue weighted by atomic mass is 10.1. The summed E-state index contributed by atoms with van der Waals surface area (Å²) in [7, 11) is 0. The number of aromatic amines is 1. The second-order valence-corrected chi connectivity index (χ2v) is 8.84. The van der Waals surface area contributed by atoms with Gasteiger partial charge in [-0.15, -0.1) is 23.1 Å². The highest BCUT2D eigenvalue weighted by molar-refractivity contribution is 7.99. The van der Waals surface area contributed by atoms with E-state index in [4.69, 9.17) is 0 Å². The van der Waals surface area contributed by atoms with Crippen molar-refractivity contribution >= 4 is 39.2 Å². The van der Waals surface area contributed by atoms with Crippen LogP contribution in [0.15, 0.2) is 29.1 Å². The fraction of sp³-hybridized carbons (Fsp3) is 0.350. The number of thioether (sulfide) groups is 1. The molecule has 0 unspecified atom stereocenters. The van der Waals surface area contributed by atoms with Gasteiger partial charge in [0.1, 0.15) is 16.5 Å². The van der Waals surface area contributed by atoms with Gasteiger partial charge < -0.3 is 10.3 Å². The second-order valence-electron chi connectivity index (χ2n) is 6.77. The van der Waals surface area contributed by atoms with E-state index < -0.39 is 0 Å². The summed E-state index contributed by atoms with van der Waals surface area (Å²) >= 11 is 3.03. The van der Waals surface area contributed by atoms with Crippen molar-refractivity contribution in [3.8, 4) is 0 Å². The number of thiophene rings is 1. The van der Waals surface area contributed by atoms with Crippen LogP contribution in [0.5, 0.6) is 0 Å². The van der Waals surface area contributed by atoms with Crippen molar-refractivity contribution in [2.75, 3.05) is 12.3 Å². The van der Waals surface area contributed by atoms with Crippen molar-refractivity contribution in [3.63, 3.8) is 0 Å². The van der Waals surface area contributed by atoms with Gasteiger partial charge in [0.25, 0.3) is 5.56 Å². The van der Waals surface area contributed by atoms with Gasteiger partial charge in [0, 0.05) is 11.4 Å². The quantitative estimate of drug-likeness (QED) is 0.619. The average Bonchev–Trinajstić information content (AvgIpc) is 3.22. The molecule has 0 fully saturated rings. The number of hydrogen-bond donors (Lipinski definition) is 2. The standard InChI is InChI=1S/C20H20FN3O2S2/c21-13-4-1-3-12(9-13)7-8-22-17(25)11-27-10-16-23-19(26)18-14-5-2-6-15(14)28-20(18)24-16/h1,3-4,9H,2,5-8,10-11H2,(H,22,25)(H,23,24,26). The van der Waals surface area contributed by atoms with Gasteiger partial charge in [-0.2, -0.15) is 0 Å². The number of amides is 1. The number of nitrogens with one attached hydrogen (secondary N) is 2. The predicted octanol–water partition coefficient (Wildman–Crippen LogP) is 3.20. The minimum absolute atomic E-state index is 0.0699. The number of aromatic nitrogens is 2. The fourth-order valence-electron chi connectivity index (χ4n) is 3.45. The molecule has 1 aliphatic rings. The van der Waals surface area contributed by atoms with E-state index in [1.807, 2.05) is 6.07 Å². The van der Waals surface area contributed by atoms with Gasteiger partial charge in [-0.05, 0) is 48.9 Å². The number of hydrogen-bond acceptors (Lipinski definition) is 5. The summed E-state index contributed by atoms with van der Waals surface area (Å²) in [5.74, 6) is 1.01. The van der Waals surface area contributed by atoms with Crippen LogP contribution in [0, 0.1) is 5.82 Å². The molecule has 8 heteroatoms. The normalized spacial score (nSPS) is 13.0. The Hall–Kier alpha value is -2.19. The van der Waals surface area contributed by atoms with E-state index in [2.05, 4.69) is 15.3 Å². The van der Waals surface area contributed by atoms with E-state index >= 15 is 0 Å². The Kier molecular flexibility index (Phi) is 5.77. The number of nitrogens with zero attached hydrogens (tertiary/aromatic N) is 1. The Balaban J connectivity index is 1.27. The number of benzene rings is 1. The van der Waals surface area contributed by atoms with Crippen LogP contribution in [0.1, 0.15) is 28.2 Å². The average molecular weight is 418 g/mol. The summed E-state index contributed by atoms with van der Waals surface area (Å²) in [6, 6.07) is 6.37. The molecular formula is C20H20FN3O2S2. The first-order chi connectivity index (χ1) is 13.6. The van der Waals surface area contributed by atoms with E-state index in [1.54, 1.807) is 17.4 Å². The Bertz CT molecular complexity index is 1080. The Morgan fingerprint density at radius 2 is 2.25 bits per heavy atom. The van der Waals surface area contributed by atoms with Gasteiger partial charge in [0.05, 0.1) is 16.9 Å². The molecule has 3 aromatic rings. The summed E-state index contributed by atoms with van der Waals surface area (Å²) in [6.07, 6.45) is 3.70. The van der Waals surface area contributed by atoms with Crippen LogP contribution in [-0.4, -0.2) is 28.2 Å². The van der Waals surface area contributed by atoms with Crippen LogP contribution in [0.4, 0.5) is 4.39 Å². The molecule has 0 aliphatic heterocycles. The van der Waals surface area contributed by atoms with Gasteiger partial charge in [-0.1, -0.05) is 12.1 Å². The minimum Gasteiger partial charge on any atom is -0.355 e. The van der Waals surface area contributed by atoms with Gasteiger partial charge >= 0.3 is 0 Å². The summed E-state index contributed by atoms with van der Waals surface area (Å²) in [6.45, 7) is 0.463. The lowest BCUT2D eigenvalue weighted by Crippen LogP contribution is -2.27. The van der Waals surface area contributed by atoms with Crippen molar-refractivity contribution in [1.82, 2.24) is 15.3 Å². The highest BCUT2D eigenvalue weighted by atomic mass is 32.2. The number of carbonyl (C=O) groups excluding carboxylic acids is 1. The van der Waals surface area contributed by atoms with Crippen LogP contribution < -0.4 is 10.9 Å². The van der Waals surface area contributed by atoms with E-state index in [-0.39, 0.29) is 23.0 Å². The van der Waals surface area contributed by atoms with Crippen molar-refractivity contribution in [2.45, 2.75) is 31.4 Å². The molecule has 0 bridgehead atoms. The number of rotatable bonds is 7. The SMILES string of the molecule is O=C(CSCc1nc2sc3c(c2c(=O)[nH]1)CCC3)NCCc1cccc(F)c1. The number of carbonyl (C=O) groups is 1. The topological polar surface area (TPSA) is 74.8 Å². The van der Waals surface area contributed by atoms with E-state index in [1.165, 1.54) is 34.3 Å². The third kappa shape index (κ3) is 4.28. The molecule has 2 heterocycles. The largest absolute Gasteiger partial charge is 0.355 e. The third-order valence-electron chi connectivity index (χ3n) is 4.72. The summed E-state index contributed by atoms with van der Waals surface area (Å²) < 4.78 is 13.1. The van der Waals surface area contributed by atoms with Crippen molar-refractivity contribution in [2.24, 2.45) is 0 Å². The molecular weight excluding hydrogens is 397 g/mol. The first-order valence-corrected chi connectivity index (χ1v) is 11.2.